The van der Waals surface area contributed by atoms with Crippen molar-refractivity contribution in [2.75, 3.05) is 36.5 Å². The molecule has 1 aromatic rings. The summed E-state index contributed by atoms with van der Waals surface area (Å²) in [6, 6.07) is 7.79. The summed E-state index contributed by atoms with van der Waals surface area (Å²) in [5, 5.41) is 14.9. The maximum absolute atomic E-state index is 11.9. The molecule has 1 aliphatic carbocycles. The van der Waals surface area contributed by atoms with E-state index in [-0.39, 0.29) is 18.1 Å². The fourth-order valence-corrected chi connectivity index (χ4v) is 2.94. The summed E-state index contributed by atoms with van der Waals surface area (Å²) < 4.78 is 0. The van der Waals surface area contributed by atoms with Crippen molar-refractivity contribution < 1.29 is 9.90 Å². The Morgan fingerprint density at radius 3 is 2.64 bits per heavy atom. The van der Waals surface area contributed by atoms with Crippen LogP contribution < -0.4 is 15.5 Å². The molecule has 1 atom stereocenters. The molecule has 0 aromatic heterocycles. The number of anilines is 2. The Hall–Kier alpha value is -1.75. The van der Waals surface area contributed by atoms with E-state index in [9.17, 15) is 9.90 Å². The summed E-state index contributed by atoms with van der Waals surface area (Å²) in [4.78, 5) is 14.3. The second-order valence-corrected chi connectivity index (χ2v) is 6.85. The predicted octanol–water partition coefficient (Wildman–Crippen LogP) is 2.43. The molecule has 1 saturated heterocycles. The molecule has 2 amide bonds. The predicted molar refractivity (Wildman–Crippen MR) is 88.2 cm³/mol. The average molecular weight is 303 g/mol. The highest BCUT2D eigenvalue weighted by atomic mass is 16.3. The lowest BCUT2D eigenvalue weighted by Crippen LogP contribution is -2.35. The number of aliphatic hydroxyl groups excluding tert-OH is 1. The number of urea groups is 1. The molecule has 2 aliphatic rings. The maximum atomic E-state index is 11.9. The topological polar surface area (TPSA) is 64.6 Å². The van der Waals surface area contributed by atoms with Crippen molar-refractivity contribution in [1.29, 1.82) is 0 Å². The van der Waals surface area contributed by atoms with Crippen LogP contribution in [0.5, 0.6) is 0 Å². The van der Waals surface area contributed by atoms with E-state index >= 15 is 0 Å². The molecule has 1 saturated carbocycles. The number of hydrogen-bond acceptors (Lipinski definition) is 3. The minimum Gasteiger partial charge on any atom is -0.396 e. The van der Waals surface area contributed by atoms with Crippen molar-refractivity contribution >= 4 is 17.4 Å². The molecule has 0 spiro atoms. The molecule has 1 aromatic carbocycles. The third kappa shape index (κ3) is 3.53. The van der Waals surface area contributed by atoms with Crippen molar-refractivity contribution in [3.63, 3.8) is 0 Å². The Balaban J connectivity index is 1.49. The van der Waals surface area contributed by atoms with Crippen LogP contribution >= 0.6 is 0 Å². The van der Waals surface area contributed by atoms with Crippen LogP contribution in [-0.2, 0) is 0 Å². The Morgan fingerprint density at radius 2 is 2.09 bits per heavy atom. The SMILES string of the molecule is CC1CCN(c2ccc(NC(=O)NCC3(CO)CC3)cc2)C1. The van der Waals surface area contributed by atoms with Crippen LogP contribution in [0.4, 0.5) is 16.2 Å². The Bertz CT molecular complexity index is 525. The number of aliphatic hydroxyl groups is 1. The number of amides is 2. The molecular formula is C17H25N3O2. The van der Waals surface area contributed by atoms with E-state index in [0.29, 0.717) is 6.54 Å². The highest BCUT2D eigenvalue weighted by Crippen LogP contribution is 2.44. The molecular weight excluding hydrogens is 278 g/mol. The molecule has 0 bridgehead atoms. The zero-order chi connectivity index (χ0) is 15.6. The molecule has 2 fully saturated rings. The summed E-state index contributed by atoms with van der Waals surface area (Å²) in [6.45, 7) is 5.18. The second-order valence-electron chi connectivity index (χ2n) is 6.85. The lowest BCUT2D eigenvalue weighted by molar-refractivity contribution is 0.206. The summed E-state index contributed by atoms with van der Waals surface area (Å²) in [7, 11) is 0. The molecule has 5 nitrogen and oxygen atoms in total. The van der Waals surface area contributed by atoms with Gasteiger partial charge in [-0.2, -0.15) is 0 Å². The van der Waals surface area contributed by atoms with E-state index in [1.54, 1.807) is 0 Å². The van der Waals surface area contributed by atoms with Gasteiger partial charge < -0.3 is 20.6 Å². The zero-order valence-electron chi connectivity index (χ0n) is 13.1. The second kappa shape index (κ2) is 6.16. The van der Waals surface area contributed by atoms with Crippen molar-refractivity contribution in [2.24, 2.45) is 11.3 Å². The average Bonchev–Trinajstić information content (AvgIpc) is 3.19. The molecule has 22 heavy (non-hydrogen) atoms. The van der Waals surface area contributed by atoms with Crippen LogP contribution in [0.1, 0.15) is 26.2 Å². The maximum Gasteiger partial charge on any atom is 0.319 e. The summed E-state index contributed by atoms with van der Waals surface area (Å²) >= 11 is 0. The van der Waals surface area contributed by atoms with Gasteiger partial charge in [0.1, 0.15) is 0 Å². The lowest BCUT2D eigenvalue weighted by atomic mass is 10.1. The van der Waals surface area contributed by atoms with E-state index in [2.05, 4.69) is 34.6 Å². The smallest absolute Gasteiger partial charge is 0.319 e. The van der Waals surface area contributed by atoms with Crippen molar-refractivity contribution in [3.8, 4) is 0 Å². The fraction of sp³-hybridized carbons (Fsp3) is 0.588. The van der Waals surface area contributed by atoms with Gasteiger partial charge in [0.2, 0.25) is 0 Å². The van der Waals surface area contributed by atoms with Gasteiger partial charge in [-0.05, 0) is 49.4 Å². The number of carbonyl (C=O) groups excluding carboxylic acids is 1. The molecule has 5 heteroatoms. The van der Waals surface area contributed by atoms with Crippen LogP contribution in [-0.4, -0.2) is 37.4 Å². The third-order valence-electron chi connectivity index (χ3n) is 4.83. The van der Waals surface area contributed by atoms with E-state index in [0.717, 1.165) is 37.5 Å². The highest BCUT2D eigenvalue weighted by Gasteiger charge is 2.42. The first kappa shape index (κ1) is 15.2. The van der Waals surface area contributed by atoms with Gasteiger partial charge in [-0.25, -0.2) is 4.79 Å². The minimum absolute atomic E-state index is 0.0619. The monoisotopic (exact) mass is 303 g/mol. The van der Waals surface area contributed by atoms with Crippen molar-refractivity contribution in [3.05, 3.63) is 24.3 Å². The summed E-state index contributed by atoms with van der Waals surface area (Å²) in [6.07, 6.45) is 3.23. The van der Waals surface area contributed by atoms with E-state index in [1.165, 1.54) is 12.1 Å². The van der Waals surface area contributed by atoms with Gasteiger partial charge in [0.25, 0.3) is 0 Å². The molecule has 1 heterocycles. The zero-order valence-corrected chi connectivity index (χ0v) is 13.1. The van der Waals surface area contributed by atoms with Gasteiger partial charge in [-0.3, -0.25) is 0 Å². The molecule has 1 unspecified atom stereocenters. The van der Waals surface area contributed by atoms with Crippen LogP contribution in [0.3, 0.4) is 0 Å². The van der Waals surface area contributed by atoms with Crippen LogP contribution in [0, 0.1) is 11.3 Å². The van der Waals surface area contributed by atoms with Gasteiger partial charge in [0, 0.05) is 36.4 Å². The van der Waals surface area contributed by atoms with Gasteiger partial charge in [0.05, 0.1) is 6.61 Å². The molecule has 1 aliphatic heterocycles. The minimum atomic E-state index is -0.206. The largest absolute Gasteiger partial charge is 0.396 e. The fourth-order valence-electron chi connectivity index (χ4n) is 2.94. The molecule has 120 valence electrons. The van der Waals surface area contributed by atoms with Crippen LogP contribution in [0.15, 0.2) is 24.3 Å². The molecule has 3 rings (SSSR count). The van der Waals surface area contributed by atoms with Gasteiger partial charge in [0.15, 0.2) is 0 Å². The standard InChI is InChI=1S/C17H25N3O2/c1-13-6-9-20(10-13)15-4-2-14(3-5-15)19-16(22)18-11-17(12-21)7-8-17/h2-5,13,21H,6-12H2,1H3,(H2,18,19,22). The van der Waals surface area contributed by atoms with Gasteiger partial charge >= 0.3 is 6.03 Å². The van der Waals surface area contributed by atoms with Gasteiger partial charge in [-0.15, -0.1) is 0 Å². The number of carbonyl (C=O) groups is 1. The first-order valence-electron chi connectivity index (χ1n) is 8.11. The lowest BCUT2D eigenvalue weighted by Gasteiger charge is -2.18. The summed E-state index contributed by atoms with van der Waals surface area (Å²) in [5.41, 5.74) is 1.95. The quantitative estimate of drug-likeness (QED) is 0.783. The number of nitrogens with one attached hydrogen (secondary N) is 2. The third-order valence-corrected chi connectivity index (χ3v) is 4.83. The molecule has 0 radical (unpaired) electrons. The Labute approximate surface area is 131 Å². The van der Waals surface area contributed by atoms with Crippen LogP contribution in [0.2, 0.25) is 0 Å². The van der Waals surface area contributed by atoms with E-state index < -0.39 is 0 Å². The number of nitrogens with zero attached hydrogens (tertiary/aromatic N) is 1. The Kier molecular flexibility index (Phi) is 4.25. The number of benzene rings is 1. The summed E-state index contributed by atoms with van der Waals surface area (Å²) in [5.74, 6) is 0.754. The normalized spacial score (nSPS) is 22.5. The van der Waals surface area contributed by atoms with E-state index in [1.807, 2.05) is 12.1 Å². The Morgan fingerprint density at radius 1 is 1.36 bits per heavy atom. The van der Waals surface area contributed by atoms with Crippen molar-refractivity contribution in [1.82, 2.24) is 5.32 Å². The highest BCUT2D eigenvalue weighted by molar-refractivity contribution is 5.89. The number of hydrogen-bond donors (Lipinski definition) is 3. The first-order chi connectivity index (χ1) is 10.6. The first-order valence-corrected chi connectivity index (χ1v) is 8.11. The molecule has 3 N–H and O–H groups in total. The van der Waals surface area contributed by atoms with Crippen molar-refractivity contribution in [2.45, 2.75) is 26.2 Å². The van der Waals surface area contributed by atoms with Crippen LogP contribution in [0.25, 0.3) is 0 Å². The van der Waals surface area contributed by atoms with E-state index in [4.69, 9.17) is 0 Å². The number of rotatable bonds is 5. The van der Waals surface area contributed by atoms with Gasteiger partial charge in [-0.1, -0.05) is 6.92 Å².